The predicted octanol–water partition coefficient (Wildman–Crippen LogP) is 5.57. The lowest BCUT2D eigenvalue weighted by Gasteiger charge is -2.34. The molecule has 0 aromatic heterocycles. The Bertz CT molecular complexity index is 565. The van der Waals surface area contributed by atoms with Crippen LogP contribution in [0.1, 0.15) is 39.2 Å². The lowest BCUT2D eigenvalue weighted by Crippen LogP contribution is -2.39. The normalized spacial score (nSPS) is 27.3. The molecule has 0 N–H and O–H groups in total. The minimum Gasteiger partial charge on any atom is -0.420 e. The summed E-state index contributed by atoms with van der Waals surface area (Å²) in [6.45, 7) is 15.7. The fourth-order valence-electron chi connectivity index (χ4n) is 2.93. The molecular formula is C22H36O3Si. The number of fused-ring (bicyclic) bond motifs is 1. The van der Waals surface area contributed by atoms with Crippen molar-refractivity contribution in [1.29, 1.82) is 0 Å². The van der Waals surface area contributed by atoms with Crippen LogP contribution in [-0.2, 0) is 20.5 Å². The Balaban J connectivity index is 0.000000232. The van der Waals surface area contributed by atoms with Crippen LogP contribution in [0.15, 0.2) is 43.0 Å². The maximum Gasteiger partial charge on any atom is 0.191 e. The Kier molecular flexibility index (Phi) is 7.25. The third-order valence-electron chi connectivity index (χ3n) is 5.92. The zero-order chi connectivity index (χ0) is 19.4. The van der Waals surface area contributed by atoms with Crippen LogP contribution in [0.3, 0.4) is 0 Å². The average Bonchev–Trinajstić information content (AvgIpc) is 3.27. The van der Waals surface area contributed by atoms with E-state index in [4.69, 9.17) is 13.9 Å². The largest absolute Gasteiger partial charge is 0.420 e. The zero-order valence-electron chi connectivity index (χ0n) is 17.3. The van der Waals surface area contributed by atoms with Gasteiger partial charge in [-0.3, -0.25) is 0 Å². The standard InChI is InChI=1S/C15H18O2.C7H18OSi/c1-2-6-13-15(12-9-14(12)17-13)16-10-11-7-4-3-5-8-11;1-7(2,3)9(5,6)8-4/h2-5,7-8,12-15H,1,6,9-10H2;1-6H3. The number of hydrogen-bond acceptors (Lipinski definition) is 3. The first kappa shape index (κ1) is 21.4. The van der Waals surface area contributed by atoms with E-state index in [0.29, 0.717) is 23.7 Å². The number of ether oxygens (including phenoxy) is 2. The Labute approximate surface area is 160 Å². The summed E-state index contributed by atoms with van der Waals surface area (Å²) in [5.41, 5.74) is 1.23. The van der Waals surface area contributed by atoms with Crippen LogP contribution in [0, 0.1) is 5.92 Å². The van der Waals surface area contributed by atoms with Crippen molar-refractivity contribution >= 4 is 8.32 Å². The minimum atomic E-state index is -1.38. The van der Waals surface area contributed by atoms with E-state index < -0.39 is 8.32 Å². The first-order valence-electron chi connectivity index (χ1n) is 9.66. The number of rotatable bonds is 6. The maximum atomic E-state index is 6.04. The Morgan fingerprint density at radius 3 is 2.38 bits per heavy atom. The van der Waals surface area contributed by atoms with Crippen molar-refractivity contribution < 1.29 is 13.9 Å². The van der Waals surface area contributed by atoms with Crippen LogP contribution < -0.4 is 0 Å². The molecule has 1 saturated carbocycles. The van der Waals surface area contributed by atoms with Gasteiger partial charge in [0.05, 0.1) is 24.9 Å². The van der Waals surface area contributed by atoms with Crippen molar-refractivity contribution in [3.8, 4) is 0 Å². The molecule has 4 unspecified atom stereocenters. The molecule has 1 aromatic carbocycles. The molecule has 1 heterocycles. The van der Waals surface area contributed by atoms with Gasteiger partial charge in [0.2, 0.25) is 0 Å². The van der Waals surface area contributed by atoms with Gasteiger partial charge in [-0.15, -0.1) is 6.58 Å². The Morgan fingerprint density at radius 1 is 1.23 bits per heavy atom. The summed E-state index contributed by atoms with van der Waals surface area (Å²) in [6.07, 6.45) is 4.94. The molecule has 1 saturated heterocycles. The molecule has 4 atom stereocenters. The van der Waals surface area contributed by atoms with E-state index in [0.717, 1.165) is 6.42 Å². The van der Waals surface area contributed by atoms with Gasteiger partial charge in [0.25, 0.3) is 0 Å². The summed E-state index contributed by atoms with van der Waals surface area (Å²) in [5.74, 6) is 0.628. The minimum absolute atomic E-state index is 0.222. The summed E-state index contributed by atoms with van der Waals surface area (Å²) >= 11 is 0. The molecule has 2 fully saturated rings. The number of benzene rings is 1. The van der Waals surface area contributed by atoms with Gasteiger partial charge in [-0.2, -0.15) is 0 Å². The van der Waals surface area contributed by atoms with Gasteiger partial charge in [-0.25, -0.2) is 0 Å². The van der Waals surface area contributed by atoms with Gasteiger partial charge in [-0.1, -0.05) is 57.2 Å². The summed E-state index contributed by atoms with van der Waals surface area (Å²) < 4.78 is 17.4. The van der Waals surface area contributed by atoms with Gasteiger partial charge in [0.1, 0.15) is 0 Å². The summed E-state index contributed by atoms with van der Waals surface area (Å²) in [7, 11) is 0.438. The molecular weight excluding hydrogens is 340 g/mol. The molecule has 3 rings (SSSR count). The van der Waals surface area contributed by atoms with E-state index in [1.165, 1.54) is 12.0 Å². The van der Waals surface area contributed by atoms with Crippen LogP contribution in [-0.4, -0.2) is 33.7 Å². The highest BCUT2D eigenvalue weighted by Gasteiger charge is 2.55. The molecule has 3 nitrogen and oxygen atoms in total. The zero-order valence-corrected chi connectivity index (χ0v) is 18.3. The van der Waals surface area contributed by atoms with E-state index in [1.807, 2.05) is 31.4 Å². The predicted molar refractivity (Wildman–Crippen MR) is 111 cm³/mol. The smallest absolute Gasteiger partial charge is 0.191 e. The topological polar surface area (TPSA) is 27.7 Å². The average molecular weight is 377 g/mol. The van der Waals surface area contributed by atoms with E-state index in [9.17, 15) is 0 Å². The van der Waals surface area contributed by atoms with E-state index in [-0.39, 0.29) is 12.2 Å². The van der Waals surface area contributed by atoms with Gasteiger partial charge in [-0.05, 0) is 36.5 Å². The van der Waals surface area contributed by atoms with Crippen LogP contribution >= 0.6 is 0 Å². The Hall–Kier alpha value is -0.943. The molecule has 0 spiro atoms. The molecule has 2 aliphatic rings. The Morgan fingerprint density at radius 2 is 1.88 bits per heavy atom. The molecule has 1 aliphatic carbocycles. The van der Waals surface area contributed by atoms with Crippen molar-refractivity contribution in [3.63, 3.8) is 0 Å². The van der Waals surface area contributed by atoms with Crippen LogP contribution in [0.25, 0.3) is 0 Å². The molecule has 0 bridgehead atoms. The monoisotopic (exact) mass is 376 g/mol. The second kappa shape index (κ2) is 8.83. The number of hydrogen-bond donors (Lipinski definition) is 0. The third-order valence-corrected chi connectivity index (χ3v) is 10.6. The van der Waals surface area contributed by atoms with Crippen LogP contribution in [0.2, 0.25) is 18.1 Å². The maximum absolute atomic E-state index is 6.04. The first-order valence-corrected chi connectivity index (χ1v) is 12.6. The summed E-state index contributed by atoms with van der Waals surface area (Å²) in [4.78, 5) is 0. The van der Waals surface area contributed by atoms with Gasteiger partial charge >= 0.3 is 0 Å². The quantitative estimate of drug-likeness (QED) is 0.479. The van der Waals surface area contributed by atoms with Crippen LogP contribution in [0.4, 0.5) is 0 Å². The van der Waals surface area contributed by atoms with Gasteiger partial charge in [0, 0.05) is 13.0 Å². The summed E-state index contributed by atoms with van der Waals surface area (Å²) in [6, 6.07) is 10.3. The molecule has 1 aliphatic heterocycles. The molecule has 1 aromatic rings. The fourth-order valence-corrected chi connectivity index (χ4v) is 3.54. The molecule has 4 heteroatoms. The molecule has 0 radical (unpaired) electrons. The van der Waals surface area contributed by atoms with E-state index in [2.05, 4.69) is 52.6 Å². The molecule has 0 amide bonds. The van der Waals surface area contributed by atoms with E-state index >= 15 is 0 Å². The highest BCUT2D eigenvalue weighted by atomic mass is 28.4. The lowest BCUT2D eigenvalue weighted by atomic mass is 10.1. The molecule has 146 valence electrons. The second-order valence-corrected chi connectivity index (χ2v) is 13.8. The third kappa shape index (κ3) is 5.53. The highest BCUT2D eigenvalue weighted by molar-refractivity contribution is 6.74. The van der Waals surface area contributed by atoms with Crippen molar-refractivity contribution in [3.05, 3.63) is 48.6 Å². The van der Waals surface area contributed by atoms with Crippen molar-refractivity contribution in [2.75, 3.05) is 7.11 Å². The van der Waals surface area contributed by atoms with Crippen molar-refractivity contribution in [2.24, 2.45) is 5.92 Å². The van der Waals surface area contributed by atoms with Gasteiger partial charge < -0.3 is 13.9 Å². The van der Waals surface area contributed by atoms with Gasteiger partial charge in [0.15, 0.2) is 8.32 Å². The van der Waals surface area contributed by atoms with Crippen LogP contribution in [0.5, 0.6) is 0 Å². The SMILES string of the molecule is C=CCC1OC2CC2C1OCc1ccccc1.CO[Si](C)(C)C(C)(C)C. The molecule has 26 heavy (non-hydrogen) atoms. The van der Waals surface area contributed by atoms with E-state index in [1.54, 1.807) is 0 Å². The van der Waals surface area contributed by atoms with Crippen molar-refractivity contribution in [2.45, 2.75) is 76.7 Å². The second-order valence-electron chi connectivity index (χ2n) is 8.86. The fraction of sp³-hybridized carbons (Fsp3) is 0.636. The first-order chi connectivity index (χ1) is 12.2. The van der Waals surface area contributed by atoms with Crippen molar-refractivity contribution in [1.82, 2.24) is 0 Å². The highest BCUT2D eigenvalue weighted by Crippen LogP contribution is 2.48. The summed E-state index contributed by atoms with van der Waals surface area (Å²) in [5, 5.41) is 0.363. The lowest BCUT2D eigenvalue weighted by molar-refractivity contribution is -0.0441.